The number of fused-ring (bicyclic) bond motifs is 2. The highest BCUT2D eigenvalue weighted by Gasteiger charge is 2.35. The first-order chi connectivity index (χ1) is 17.4. The number of amides is 1. The summed E-state index contributed by atoms with van der Waals surface area (Å²) in [7, 11) is 0. The van der Waals surface area contributed by atoms with Gasteiger partial charge < -0.3 is 15.0 Å². The van der Waals surface area contributed by atoms with Crippen molar-refractivity contribution >= 4 is 39.4 Å². The van der Waals surface area contributed by atoms with Gasteiger partial charge in [-0.15, -0.1) is 0 Å². The third-order valence-corrected chi connectivity index (χ3v) is 7.08. The first kappa shape index (κ1) is 22.5. The fourth-order valence-electron chi connectivity index (χ4n) is 4.79. The van der Waals surface area contributed by atoms with Crippen LogP contribution in [0.4, 0.5) is 0 Å². The normalized spacial score (nSPS) is 15.6. The summed E-state index contributed by atoms with van der Waals surface area (Å²) in [5.41, 5.74) is 1.23. The van der Waals surface area contributed by atoms with Crippen LogP contribution in [0, 0.1) is 0 Å². The highest BCUT2D eigenvalue weighted by Crippen LogP contribution is 2.26. The summed E-state index contributed by atoms with van der Waals surface area (Å²) in [6, 6.07) is 16.7. The van der Waals surface area contributed by atoms with E-state index in [2.05, 4.69) is 15.1 Å². The molecular formula is C26H23ClN6O3. The number of hydrogen-bond donors (Lipinski definition) is 2. The molecule has 1 aliphatic rings. The van der Waals surface area contributed by atoms with Crippen LogP contribution in [0.5, 0.6) is 0 Å². The topological polar surface area (TPSA) is 109 Å². The van der Waals surface area contributed by atoms with E-state index >= 15 is 0 Å². The third kappa shape index (κ3) is 3.96. The Balaban J connectivity index is 1.18. The lowest BCUT2D eigenvalue weighted by Crippen LogP contribution is -2.49. The van der Waals surface area contributed by atoms with Gasteiger partial charge in [-0.3, -0.25) is 14.2 Å². The summed E-state index contributed by atoms with van der Waals surface area (Å²) in [5.74, 6) is -0.0943. The molecule has 0 spiro atoms. The maximum absolute atomic E-state index is 13.2. The predicted molar refractivity (Wildman–Crippen MR) is 137 cm³/mol. The highest BCUT2D eigenvalue weighted by molar-refractivity contribution is 6.30. The number of benzene rings is 2. The fourth-order valence-corrected chi connectivity index (χ4v) is 4.92. The minimum atomic E-state index is -1.12. The molecule has 0 saturated carbocycles. The van der Waals surface area contributed by atoms with Crippen molar-refractivity contribution in [2.45, 2.75) is 25.0 Å². The molecule has 2 N–H and O–H groups in total. The summed E-state index contributed by atoms with van der Waals surface area (Å²) in [5, 5.41) is 17.5. The third-order valence-electron chi connectivity index (χ3n) is 6.83. The summed E-state index contributed by atoms with van der Waals surface area (Å²) in [6.07, 6.45) is 3.64. The maximum atomic E-state index is 13.2. The Hall–Kier alpha value is -3.95. The van der Waals surface area contributed by atoms with Gasteiger partial charge in [0.15, 0.2) is 5.65 Å². The van der Waals surface area contributed by atoms with E-state index in [0.29, 0.717) is 47.7 Å². The maximum Gasteiger partial charge on any atom is 0.270 e. The Morgan fingerprint density at radius 1 is 1.11 bits per heavy atom. The van der Waals surface area contributed by atoms with Crippen molar-refractivity contribution in [2.24, 2.45) is 0 Å². The standard InChI is InChI=1S/C26H23ClN6O3/c27-18-5-7-19(8-6-18)33-23-20(14-29-33)24(34)32(16-28-23)15-26(36)9-11-31(12-10-26)25(35)22-13-17-3-1-2-4-21(17)30-22/h1-8,13-14,16,30,36H,9-12,15H2. The molecule has 0 unspecified atom stereocenters. The fraction of sp³-hybridized carbons (Fsp3) is 0.231. The number of aliphatic hydroxyl groups is 1. The quantitative estimate of drug-likeness (QED) is 0.391. The van der Waals surface area contributed by atoms with E-state index < -0.39 is 5.60 Å². The molecule has 0 bridgehead atoms. The zero-order valence-electron chi connectivity index (χ0n) is 19.3. The first-order valence-corrected chi connectivity index (χ1v) is 12.1. The Labute approximate surface area is 210 Å². The number of para-hydroxylation sites is 1. The molecule has 36 heavy (non-hydrogen) atoms. The Kier molecular flexibility index (Phi) is 5.39. The molecule has 9 nitrogen and oxygen atoms in total. The van der Waals surface area contributed by atoms with E-state index in [9.17, 15) is 14.7 Å². The van der Waals surface area contributed by atoms with Crippen LogP contribution >= 0.6 is 11.6 Å². The minimum absolute atomic E-state index is 0.0926. The van der Waals surface area contributed by atoms with Crippen LogP contribution in [0.15, 0.2) is 71.9 Å². The van der Waals surface area contributed by atoms with Gasteiger partial charge in [-0.2, -0.15) is 5.10 Å². The Bertz CT molecular complexity index is 1610. The van der Waals surface area contributed by atoms with Crippen molar-refractivity contribution in [3.05, 3.63) is 88.2 Å². The van der Waals surface area contributed by atoms with Crippen LogP contribution in [0.25, 0.3) is 27.6 Å². The van der Waals surface area contributed by atoms with Gasteiger partial charge in [-0.25, -0.2) is 9.67 Å². The van der Waals surface area contributed by atoms with Crippen molar-refractivity contribution in [2.75, 3.05) is 13.1 Å². The summed E-state index contributed by atoms with van der Waals surface area (Å²) in [4.78, 5) is 35.5. The number of nitrogens with one attached hydrogen (secondary N) is 1. The van der Waals surface area contributed by atoms with Crippen molar-refractivity contribution in [1.82, 2.24) is 29.2 Å². The molecule has 6 rings (SSSR count). The number of nitrogens with zero attached hydrogens (tertiary/aromatic N) is 5. The first-order valence-electron chi connectivity index (χ1n) is 11.7. The highest BCUT2D eigenvalue weighted by atomic mass is 35.5. The molecule has 0 radical (unpaired) electrons. The second kappa shape index (κ2) is 8.61. The van der Waals surface area contributed by atoms with Gasteiger partial charge in [0.05, 0.1) is 24.0 Å². The molecule has 3 aromatic heterocycles. The summed E-state index contributed by atoms with van der Waals surface area (Å²) < 4.78 is 3.01. The second-order valence-corrected chi connectivity index (χ2v) is 9.67. The predicted octanol–water partition coefficient (Wildman–Crippen LogP) is 3.38. The van der Waals surface area contributed by atoms with E-state index in [-0.39, 0.29) is 18.0 Å². The molecule has 1 amide bonds. The van der Waals surface area contributed by atoms with Crippen LogP contribution in [0.2, 0.25) is 5.02 Å². The number of halogens is 1. The lowest BCUT2D eigenvalue weighted by Gasteiger charge is -2.38. The molecule has 1 aliphatic heterocycles. The number of H-pyrrole nitrogens is 1. The molecule has 0 aliphatic carbocycles. The van der Waals surface area contributed by atoms with Gasteiger partial charge in [-0.05, 0) is 49.2 Å². The Morgan fingerprint density at radius 2 is 1.86 bits per heavy atom. The molecule has 10 heteroatoms. The van der Waals surface area contributed by atoms with E-state index in [1.54, 1.807) is 33.8 Å². The number of aromatic amines is 1. The van der Waals surface area contributed by atoms with E-state index in [0.717, 1.165) is 16.6 Å². The number of carbonyl (C=O) groups is 1. The van der Waals surface area contributed by atoms with Crippen molar-refractivity contribution in [1.29, 1.82) is 0 Å². The largest absolute Gasteiger partial charge is 0.388 e. The zero-order chi connectivity index (χ0) is 24.9. The van der Waals surface area contributed by atoms with Gasteiger partial charge in [0.25, 0.3) is 11.5 Å². The minimum Gasteiger partial charge on any atom is -0.388 e. The average Bonchev–Trinajstić information content (AvgIpc) is 3.51. The molecule has 0 atom stereocenters. The number of rotatable bonds is 4. The molecule has 4 heterocycles. The summed E-state index contributed by atoms with van der Waals surface area (Å²) in [6.45, 7) is 0.878. The van der Waals surface area contributed by atoms with E-state index in [4.69, 9.17) is 11.6 Å². The van der Waals surface area contributed by atoms with Crippen molar-refractivity contribution in [3.8, 4) is 5.69 Å². The lowest BCUT2D eigenvalue weighted by molar-refractivity contribution is -0.0300. The molecular weight excluding hydrogens is 480 g/mol. The van der Waals surface area contributed by atoms with Crippen LogP contribution < -0.4 is 5.56 Å². The van der Waals surface area contributed by atoms with Gasteiger partial charge in [0.2, 0.25) is 0 Å². The Morgan fingerprint density at radius 3 is 2.61 bits per heavy atom. The number of hydrogen-bond acceptors (Lipinski definition) is 5. The number of aromatic nitrogens is 5. The molecule has 5 aromatic rings. The second-order valence-electron chi connectivity index (χ2n) is 9.23. The molecule has 2 aromatic carbocycles. The van der Waals surface area contributed by atoms with E-state index in [1.807, 2.05) is 30.3 Å². The van der Waals surface area contributed by atoms with Gasteiger partial charge in [0, 0.05) is 29.0 Å². The van der Waals surface area contributed by atoms with Crippen LogP contribution in [0.3, 0.4) is 0 Å². The molecule has 1 saturated heterocycles. The van der Waals surface area contributed by atoms with Gasteiger partial charge >= 0.3 is 0 Å². The number of likely N-dealkylation sites (tertiary alicyclic amines) is 1. The molecule has 1 fully saturated rings. The van der Waals surface area contributed by atoms with Gasteiger partial charge in [0.1, 0.15) is 17.4 Å². The number of piperidine rings is 1. The van der Waals surface area contributed by atoms with Crippen LogP contribution in [0.1, 0.15) is 23.3 Å². The molecule has 182 valence electrons. The number of carbonyl (C=O) groups excluding carboxylic acids is 1. The monoisotopic (exact) mass is 502 g/mol. The SMILES string of the molecule is O=C(c1cc2ccccc2[nH]1)N1CCC(O)(Cn2cnc3c(cnn3-c3ccc(Cl)cc3)c2=O)CC1. The zero-order valence-corrected chi connectivity index (χ0v) is 20.0. The van der Waals surface area contributed by atoms with Crippen LogP contribution in [-0.2, 0) is 6.54 Å². The van der Waals surface area contributed by atoms with E-state index in [1.165, 1.54) is 17.1 Å². The van der Waals surface area contributed by atoms with Crippen molar-refractivity contribution < 1.29 is 9.90 Å². The lowest BCUT2D eigenvalue weighted by atomic mass is 9.91. The van der Waals surface area contributed by atoms with Crippen molar-refractivity contribution in [3.63, 3.8) is 0 Å². The summed E-state index contributed by atoms with van der Waals surface area (Å²) >= 11 is 5.97. The smallest absolute Gasteiger partial charge is 0.270 e. The van der Waals surface area contributed by atoms with Gasteiger partial charge in [-0.1, -0.05) is 29.8 Å². The average molecular weight is 503 g/mol. The van der Waals surface area contributed by atoms with Crippen LogP contribution in [-0.4, -0.2) is 58.9 Å².